The number of ether oxygens (including phenoxy) is 8. The van der Waals surface area contributed by atoms with Gasteiger partial charge in [0.1, 0.15) is 53.6 Å². The molecule has 0 N–H and O–H groups in total. The fraction of sp³-hybridized carbons (Fsp3) is 0.184. The highest BCUT2D eigenvalue weighted by atomic mass is 16.7. The lowest BCUT2D eigenvalue weighted by Crippen LogP contribution is -2.66. The van der Waals surface area contributed by atoms with Gasteiger partial charge in [-0.2, -0.15) is 0 Å². The van der Waals surface area contributed by atoms with E-state index in [2.05, 4.69) is 0 Å². The van der Waals surface area contributed by atoms with E-state index in [4.69, 9.17) is 42.3 Å². The van der Waals surface area contributed by atoms with Crippen LogP contribution in [0.5, 0.6) is 40.2 Å². The number of carbonyl (C=O) groups is 1. The van der Waals surface area contributed by atoms with Crippen molar-refractivity contribution in [2.24, 2.45) is 0 Å². The average Bonchev–Trinajstić information content (AvgIpc) is 3.29. The van der Waals surface area contributed by atoms with Crippen LogP contribution in [0.15, 0.2) is 179 Å². The summed E-state index contributed by atoms with van der Waals surface area (Å²) in [5.74, 6) is 1.73. The van der Waals surface area contributed by atoms with Gasteiger partial charge in [0, 0.05) is 12.5 Å². The Bertz CT molecular complexity index is 2500. The molecule has 0 amide bonds. The van der Waals surface area contributed by atoms with E-state index in [9.17, 15) is 9.59 Å². The van der Waals surface area contributed by atoms with Crippen molar-refractivity contribution in [1.82, 2.24) is 0 Å². The maximum Gasteiger partial charge on any atom is 0.383 e. The zero-order valence-corrected chi connectivity index (χ0v) is 32.7. The number of hydrogen-bond donors (Lipinski definition) is 0. The quantitative estimate of drug-likeness (QED) is 0.0687. The Hall–Kier alpha value is -7.24. The summed E-state index contributed by atoms with van der Waals surface area (Å²) >= 11 is 0. The SMILES string of the molecule is CCC(=O)Oc1c(OCc2ccccc2)c2ccc(O[C@H]3O[C@H](COc4ccccc4)[C@@H](Oc4ccccc4)[C@H](Oc4ccccc4)[C@@H]3Oc3ccccc3)cc2oc1=O. The van der Waals surface area contributed by atoms with Gasteiger partial charge in [-0.25, -0.2) is 4.79 Å². The summed E-state index contributed by atoms with van der Waals surface area (Å²) in [4.78, 5) is 25.9. The Morgan fingerprint density at radius 3 is 1.67 bits per heavy atom. The number of para-hydroxylation sites is 4. The molecule has 1 aliphatic rings. The summed E-state index contributed by atoms with van der Waals surface area (Å²) in [6.45, 7) is 1.79. The van der Waals surface area contributed by atoms with Gasteiger partial charge < -0.3 is 42.3 Å². The van der Waals surface area contributed by atoms with Crippen molar-refractivity contribution in [1.29, 1.82) is 0 Å². The first-order chi connectivity index (χ1) is 29.5. The molecule has 0 bridgehead atoms. The summed E-state index contributed by atoms with van der Waals surface area (Å²) < 4.78 is 57.4. The van der Waals surface area contributed by atoms with Crippen LogP contribution < -0.4 is 38.8 Å². The molecule has 6 aromatic carbocycles. The summed E-state index contributed by atoms with van der Waals surface area (Å²) in [6.07, 6.45) is -4.44. The first kappa shape index (κ1) is 39.6. The molecule has 7 aromatic rings. The third-order valence-electron chi connectivity index (χ3n) is 9.57. The Morgan fingerprint density at radius 2 is 1.08 bits per heavy atom. The zero-order valence-electron chi connectivity index (χ0n) is 32.7. The molecule has 1 aromatic heterocycles. The van der Waals surface area contributed by atoms with E-state index < -0.39 is 42.3 Å². The van der Waals surface area contributed by atoms with Gasteiger partial charge in [0.2, 0.25) is 12.4 Å². The molecular weight excluding hydrogens is 765 g/mol. The fourth-order valence-corrected chi connectivity index (χ4v) is 6.66. The van der Waals surface area contributed by atoms with Gasteiger partial charge in [-0.15, -0.1) is 0 Å². The molecule has 0 unspecified atom stereocenters. The second kappa shape index (κ2) is 19.0. The maximum absolute atomic E-state index is 13.5. The molecule has 11 heteroatoms. The lowest BCUT2D eigenvalue weighted by molar-refractivity contribution is -0.260. The molecule has 60 heavy (non-hydrogen) atoms. The largest absolute Gasteiger partial charge is 0.491 e. The monoisotopic (exact) mass is 806 g/mol. The Kier molecular flexibility index (Phi) is 12.5. The second-order valence-electron chi connectivity index (χ2n) is 13.8. The number of fused-ring (bicyclic) bond motifs is 1. The van der Waals surface area contributed by atoms with Crippen molar-refractivity contribution in [3.8, 4) is 40.2 Å². The number of rotatable bonds is 16. The van der Waals surface area contributed by atoms with E-state index in [0.29, 0.717) is 28.4 Å². The van der Waals surface area contributed by atoms with E-state index >= 15 is 0 Å². The molecule has 304 valence electrons. The minimum atomic E-state index is -1.14. The molecule has 1 aliphatic heterocycles. The third kappa shape index (κ3) is 9.71. The summed E-state index contributed by atoms with van der Waals surface area (Å²) in [6, 6.07) is 51.8. The normalized spacial score (nSPS) is 18.5. The first-order valence-electron chi connectivity index (χ1n) is 19.6. The highest BCUT2D eigenvalue weighted by Crippen LogP contribution is 2.38. The van der Waals surface area contributed by atoms with Crippen LogP contribution in [0.4, 0.5) is 0 Å². The molecular formula is C49H42O11. The maximum atomic E-state index is 13.5. The average molecular weight is 807 g/mol. The number of hydrogen-bond acceptors (Lipinski definition) is 11. The van der Waals surface area contributed by atoms with Crippen LogP contribution in [0, 0.1) is 0 Å². The lowest BCUT2D eigenvalue weighted by Gasteiger charge is -2.45. The Labute approximate surface area is 346 Å². The number of esters is 1. The highest BCUT2D eigenvalue weighted by Gasteiger charge is 2.52. The highest BCUT2D eigenvalue weighted by molar-refractivity contribution is 5.88. The number of benzene rings is 6. The predicted molar refractivity (Wildman–Crippen MR) is 223 cm³/mol. The van der Waals surface area contributed by atoms with Gasteiger partial charge in [-0.1, -0.05) is 110 Å². The van der Waals surface area contributed by atoms with Crippen molar-refractivity contribution in [2.75, 3.05) is 6.61 Å². The zero-order chi connectivity index (χ0) is 41.1. The van der Waals surface area contributed by atoms with Crippen LogP contribution in [0.25, 0.3) is 11.0 Å². The van der Waals surface area contributed by atoms with Crippen molar-refractivity contribution < 1.29 is 47.1 Å². The standard InChI is InChI=1S/C49H42O11/c1-2-42(50)60-46-43(53-31-33-18-8-3-9-19-33)39-29-28-38(30-40(39)58-48(46)51)57-49-47(56-37-26-16-7-17-27-37)45(55-36-24-14-6-15-25-36)44(54-35-22-12-5-13-23-35)41(59-49)32-52-34-20-10-4-11-21-34/h3-30,41,44-45,47,49H,2,31-32H2,1H3/t41-,44-,45+,47+,49+/m1/s1. The van der Waals surface area contributed by atoms with Crippen LogP contribution in [-0.2, 0) is 16.1 Å². The molecule has 11 nitrogen and oxygen atoms in total. The molecule has 0 radical (unpaired) electrons. The second-order valence-corrected chi connectivity index (χ2v) is 13.8. The van der Waals surface area contributed by atoms with E-state index in [0.717, 1.165) is 5.56 Å². The predicted octanol–water partition coefficient (Wildman–Crippen LogP) is 9.21. The summed E-state index contributed by atoms with van der Waals surface area (Å²) in [5, 5.41) is 0.384. The third-order valence-corrected chi connectivity index (χ3v) is 9.57. The van der Waals surface area contributed by atoms with E-state index in [1.807, 2.05) is 152 Å². The molecule has 0 aliphatic carbocycles. The van der Waals surface area contributed by atoms with Crippen LogP contribution >= 0.6 is 0 Å². The molecule has 0 spiro atoms. The van der Waals surface area contributed by atoms with E-state index in [1.165, 1.54) is 0 Å². The van der Waals surface area contributed by atoms with Crippen molar-refractivity contribution >= 4 is 16.9 Å². The minimum absolute atomic E-state index is 0.0413. The van der Waals surface area contributed by atoms with Gasteiger partial charge in [-0.05, 0) is 66.2 Å². The van der Waals surface area contributed by atoms with Crippen molar-refractivity contribution in [3.63, 3.8) is 0 Å². The van der Waals surface area contributed by atoms with Gasteiger partial charge in [-0.3, -0.25) is 4.79 Å². The molecule has 1 saturated heterocycles. The summed E-state index contributed by atoms with van der Waals surface area (Å²) in [5.41, 5.74) is 0.0803. The molecule has 1 fully saturated rings. The van der Waals surface area contributed by atoms with Gasteiger partial charge in [0.15, 0.2) is 18.0 Å². The minimum Gasteiger partial charge on any atom is -0.491 e. The van der Waals surface area contributed by atoms with Crippen LogP contribution in [0.1, 0.15) is 18.9 Å². The van der Waals surface area contributed by atoms with Crippen LogP contribution in [0.2, 0.25) is 0 Å². The smallest absolute Gasteiger partial charge is 0.383 e. The fourth-order valence-electron chi connectivity index (χ4n) is 6.66. The number of carbonyl (C=O) groups excluding carboxylic acids is 1. The topological polar surface area (TPSA) is 121 Å². The van der Waals surface area contributed by atoms with Crippen LogP contribution in [0.3, 0.4) is 0 Å². The molecule has 5 atom stereocenters. The van der Waals surface area contributed by atoms with Gasteiger partial charge in [0.25, 0.3) is 5.75 Å². The molecule has 2 heterocycles. The Balaban J connectivity index is 1.19. The van der Waals surface area contributed by atoms with Crippen molar-refractivity contribution in [2.45, 2.75) is 50.7 Å². The molecule has 8 rings (SSSR count). The summed E-state index contributed by atoms with van der Waals surface area (Å²) in [7, 11) is 0. The van der Waals surface area contributed by atoms with E-state index in [-0.39, 0.29) is 42.5 Å². The van der Waals surface area contributed by atoms with Gasteiger partial charge >= 0.3 is 11.6 Å². The van der Waals surface area contributed by atoms with Crippen molar-refractivity contribution in [3.05, 3.63) is 186 Å². The van der Waals surface area contributed by atoms with Crippen LogP contribution in [-0.4, -0.2) is 43.3 Å². The first-order valence-corrected chi connectivity index (χ1v) is 19.6. The van der Waals surface area contributed by atoms with E-state index in [1.54, 1.807) is 25.1 Å². The lowest BCUT2D eigenvalue weighted by atomic mass is 9.97. The molecule has 0 saturated carbocycles. The van der Waals surface area contributed by atoms with Gasteiger partial charge in [0.05, 0.1) is 5.39 Å². The Morgan fingerprint density at radius 1 is 0.550 bits per heavy atom.